The minimum Gasteiger partial charge on any atom is -0.258 e. The number of rotatable bonds is 3. The molecule has 0 fully saturated rings. The van der Waals surface area contributed by atoms with Crippen LogP contribution in [0.5, 0.6) is 0 Å². The second-order valence-electron chi connectivity index (χ2n) is 6.01. The molecule has 3 aromatic rings. The molecule has 4 rings (SSSR count). The average Bonchev–Trinajstić information content (AvgIpc) is 2.96. The second-order valence-corrected chi connectivity index (χ2v) is 6.49. The summed E-state index contributed by atoms with van der Waals surface area (Å²) in [4.78, 5) is 16.4. The zero-order valence-electron chi connectivity index (χ0n) is 14.2. The molecule has 0 saturated heterocycles. The first-order valence-corrected chi connectivity index (χ1v) is 8.82. The number of fused-ring (bicyclic) bond motifs is 1. The molecule has 1 aromatic heterocycles. The molecule has 5 heteroatoms. The van der Waals surface area contributed by atoms with Crippen molar-refractivity contribution in [1.29, 1.82) is 0 Å². The average molecular weight is 370 g/mol. The van der Waals surface area contributed by atoms with Crippen molar-refractivity contribution in [1.82, 2.24) is 4.98 Å². The van der Waals surface area contributed by atoms with E-state index in [4.69, 9.17) is 0 Å². The van der Waals surface area contributed by atoms with Gasteiger partial charge in [-0.3, -0.25) is 15.1 Å². The normalized spacial score (nSPS) is 12.9. The van der Waals surface area contributed by atoms with E-state index in [0.29, 0.717) is 16.9 Å². The maximum Gasteiger partial charge on any atom is 0.277 e. The number of thiol groups is 1. The van der Waals surface area contributed by atoms with Crippen LogP contribution in [0.3, 0.4) is 0 Å². The van der Waals surface area contributed by atoms with Crippen molar-refractivity contribution in [2.75, 3.05) is 0 Å². The van der Waals surface area contributed by atoms with Gasteiger partial charge in [-0.2, -0.15) is 0 Å². The molecule has 0 saturated carbocycles. The van der Waals surface area contributed by atoms with E-state index in [1.165, 1.54) is 6.07 Å². The molecule has 1 heterocycles. The molecule has 130 valence electrons. The van der Waals surface area contributed by atoms with Crippen molar-refractivity contribution in [3.63, 3.8) is 0 Å². The maximum atomic E-state index is 11.5. The largest absolute Gasteiger partial charge is 0.277 e. The number of aromatic nitrogens is 1. The zero-order chi connectivity index (χ0) is 18.8. The number of nitro groups is 1. The smallest absolute Gasteiger partial charge is 0.258 e. The highest BCUT2D eigenvalue weighted by atomic mass is 32.1. The lowest BCUT2D eigenvalue weighted by molar-refractivity contribution is -0.384. The van der Waals surface area contributed by atoms with Crippen LogP contribution >= 0.6 is 12.6 Å². The standard InChI is InChI=1S/C22H14N2O2S/c25-24(26)19-12-6-5-10-16(19)18-14-20(27)21(15-8-3-1-2-4-9-15)22-17(18)11-7-13-23-22/h1,3,5-8,10-14,27H,2H2. The lowest BCUT2D eigenvalue weighted by Crippen LogP contribution is -1.96. The van der Waals surface area contributed by atoms with Crippen LogP contribution in [0.25, 0.3) is 27.6 Å². The van der Waals surface area contributed by atoms with E-state index in [1.807, 2.05) is 36.4 Å². The van der Waals surface area contributed by atoms with Crippen LogP contribution in [0.2, 0.25) is 0 Å². The quantitative estimate of drug-likeness (QED) is 0.289. The summed E-state index contributed by atoms with van der Waals surface area (Å²) >= 11 is 4.68. The number of benzene rings is 2. The fourth-order valence-corrected chi connectivity index (χ4v) is 3.56. The van der Waals surface area contributed by atoms with E-state index < -0.39 is 0 Å². The molecule has 27 heavy (non-hydrogen) atoms. The van der Waals surface area contributed by atoms with Crippen LogP contribution in [0.4, 0.5) is 5.69 Å². The van der Waals surface area contributed by atoms with E-state index in [1.54, 1.807) is 24.4 Å². The predicted molar refractivity (Wildman–Crippen MR) is 111 cm³/mol. The fraction of sp³-hybridized carbons (Fsp3) is 0.0455. The SMILES string of the molecule is O=[N+]([O-])c1ccccc1-c1cc(S)c(C2=CC=CCC#C2)c2ncccc12. The van der Waals surface area contributed by atoms with Gasteiger partial charge in [0, 0.05) is 40.1 Å². The first kappa shape index (κ1) is 17.1. The maximum absolute atomic E-state index is 11.5. The van der Waals surface area contributed by atoms with E-state index in [0.717, 1.165) is 27.6 Å². The van der Waals surface area contributed by atoms with Crippen molar-refractivity contribution in [3.05, 3.63) is 82.6 Å². The fourth-order valence-electron chi connectivity index (χ4n) is 3.20. The predicted octanol–water partition coefficient (Wildman–Crippen LogP) is 5.45. The summed E-state index contributed by atoms with van der Waals surface area (Å²) in [6, 6.07) is 12.3. The van der Waals surface area contributed by atoms with E-state index in [2.05, 4.69) is 29.5 Å². The van der Waals surface area contributed by atoms with Gasteiger partial charge in [0.15, 0.2) is 0 Å². The molecule has 0 aliphatic heterocycles. The molecule has 4 nitrogen and oxygen atoms in total. The van der Waals surface area contributed by atoms with E-state index in [-0.39, 0.29) is 10.6 Å². The Balaban J connectivity index is 2.06. The van der Waals surface area contributed by atoms with Crippen molar-refractivity contribution >= 4 is 34.8 Å². The number of nitro benzene ring substituents is 1. The third-order valence-corrected chi connectivity index (χ3v) is 4.73. The van der Waals surface area contributed by atoms with Gasteiger partial charge in [-0.1, -0.05) is 42.2 Å². The molecule has 0 amide bonds. The van der Waals surface area contributed by atoms with Gasteiger partial charge in [0.2, 0.25) is 0 Å². The molecule has 0 unspecified atom stereocenters. The van der Waals surface area contributed by atoms with Gasteiger partial charge in [-0.15, -0.1) is 12.6 Å². The Morgan fingerprint density at radius 2 is 2.00 bits per heavy atom. The molecule has 0 radical (unpaired) electrons. The number of para-hydroxylation sites is 1. The number of hydrogen-bond acceptors (Lipinski definition) is 4. The topological polar surface area (TPSA) is 56.0 Å². The molecule has 0 atom stereocenters. The van der Waals surface area contributed by atoms with E-state index in [9.17, 15) is 10.1 Å². The Hall–Kier alpha value is -3.36. The highest BCUT2D eigenvalue weighted by Gasteiger charge is 2.20. The van der Waals surface area contributed by atoms with Crippen LogP contribution in [-0.4, -0.2) is 9.91 Å². The summed E-state index contributed by atoms with van der Waals surface area (Å²) in [5.41, 5.74) is 3.75. The lowest BCUT2D eigenvalue weighted by atomic mass is 9.94. The van der Waals surface area contributed by atoms with Crippen LogP contribution < -0.4 is 0 Å². The van der Waals surface area contributed by atoms with Crippen molar-refractivity contribution in [2.45, 2.75) is 11.3 Å². The summed E-state index contributed by atoms with van der Waals surface area (Å²) in [6.07, 6.45) is 8.31. The number of pyridine rings is 1. The van der Waals surface area contributed by atoms with Gasteiger partial charge in [0.1, 0.15) is 0 Å². The molecule has 1 aliphatic rings. The van der Waals surface area contributed by atoms with Crippen LogP contribution in [0.1, 0.15) is 12.0 Å². The number of nitrogens with zero attached hydrogens (tertiary/aromatic N) is 2. The summed E-state index contributed by atoms with van der Waals surface area (Å²) in [5, 5.41) is 12.3. The molecular formula is C22H14N2O2S. The number of hydrogen-bond donors (Lipinski definition) is 1. The molecule has 1 aliphatic carbocycles. The molecule has 0 N–H and O–H groups in total. The third kappa shape index (κ3) is 3.12. The summed E-state index contributed by atoms with van der Waals surface area (Å²) in [7, 11) is 0. The van der Waals surface area contributed by atoms with Gasteiger partial charge in [-0.25, -0.2) is 0 Å². The first-order chi connectivity index (χ1) is 13.2. The molecular weight excluding hydrogens is 356 g/mol. The monoisotopic (exact) mass is 370 g/mol. The zero-order valence-corrected chi connectivity index (χ0v) is 15.1. The Morgan fingerprint density at radius 3 is 2.85 bits per heavy atom. The second kappa shape index (κ2) is 7.10. The summed E-state index contributed by atoms with van der Waals surface area (Å²) in [5.74, 6) is 6.27. The Morgan fingerprint density at radius 1 is 1.15 bits per heavy atom. The number of allylic oxidation sites excluding steroid dienone is 4. The Labute approximate surface area is 161 Å². The molecule has 0 spiro atoms. The van der Waals surface area contributed by atoms with Crippen molar-refractivity contribution in [2.24, 2.45) is 0 Å². The molecule has 2 aromatic carbocycles. The van der Waals surface area contributed by atoms with Crippen LogP contribution in [-0.2, 0) is 0 Å². The minimum absolute atomic E-state index is 0.0551. The van der Waals surface area contributed by atoms with Gasteiger partial charge >= 0.3 is 0 Å². The summed E-state index contributed by atoms with van der Waals surface area (Å²) < 4.78 is 0. The summed E-state index contributed by atoms with van der Waals surface area (Å²) in [6.45, 7) is 0. The van der Waals surface area contributed by atoms with Crippen molar-refractivity contribution < 1.29 is 4.92 Å². The lowest BCUT2D eigenvalue weighted by Gasteiger charge is -2.13. The minimum atomic E-state index is -0.367. The van der Waals surface area contributed by atoms with E-state index >= 15 is 0 Å². The Kier molecular flexibility index (Phi) is 4.49. The van der Waals surface area contributed by atoms with Gasteiger partial charge in [-0.05, 0) is 29.8 Å². The molecule has 0 bridgehead atoms. The third-order valence-electron chi connectivity index (χ3n) is 4.37. The van der Waals surface area contributed by atoms with Gasteiger partial charge in [0.25, 0.3) is 5.69 Å². The van der Waals surface area contributed by atoms with Gasteiger partial charge < -0.3 is 0 Å². The van der Waals surface area contributed by atoms with Crippen LogP contribution in [0.15, 0.2) is 71.8 Å². The highest BCUT2D eigenvalue weighted by Crippen LogP contribution is 2.40. The highest BCUT2D eigenvalue weighted by molar-refractivity contribution is 7.80. The first-order valence-electron chi connectivity index (χ1n) is 8.37. The van der Waals surface area contributed by atoms with Gasteiger partial charge in [0.05, 0.1) is 16.0 Å². The Bertz CT molecular complexity index is 1200. The van der Waals surface area contributed by atoms with Crippen LogP contribution in [0, 0.1) is 22.0 Å². The van der Waals surface area contributed by atoms with Crippen molar-refractivity contribution in [3.8, 4) is 23.0 Å².